The summed E-state index contributed by atoms with van der Waals surface area (Å²) in [5.74, 6) is 0. The molecule has 2 heterocycles. The van der Waals surface area contributed by atoms with Gasteiger partial charge in [-0.05, 0) is 18.4 Å². The van der Waals surface area contributed by atoms with Gasteiger partial charge in [-0.15, -0.1) is 11.3 Å². The Labute approximate surface area is 89.0 Å². The van der Waals surface area contributed by atoms with Crippen LogP contribution in [0.25, 0.3) is 5.03 Å². The Morgan fingerprint density at radius 3 is 3.17 bits per heavy atom. The fourth-order valence-electron chi connectivity index (χ4n) is 1.20. The number of thiophene rings is 1. The topological polar surface area (TPSA) is 3.24 Å². The molecule has 0 saturated heterocycles. The largest absolute Gasteiger partial charge is 0.306 e. The Kier molecular flexibility index (Phi) is 2.19. The summed E-state index contributed by atoms with van der Waals surface area (Å²) < 4.78 is 1.99. The van der Waals surface area contributed by atoms with E-state index in [9.17, 15) is 0 Å². The smallest absolute Gasteiger partial charge is 0.0687 e. The van der Waals surface area contributed by atoms with Crippen LogP contribution in [0.3, 0.4) is 0 Å². The zero-order chi connectivity index (χ0) is 8.72. The third-order valence-electron chi connectivity index (χ3n) is 1.95. The van der Waals surface area contributed by atoms with Crippen molar-refractivity contribution in [3.8, 4) is 0 Å². The highest BCUT2D eigenvalue weighted by Crippen LogP contribution is 2.38. The maximum absolute atomic E-state index is 6.15. The molecule has 0 unspecified atom stereocenters. The molecular formula is C8H7BrClNS. The maximum atomic E-state index is 6.15. The predicted octanol–water partition coefficient (Wildman–Crippen LogP) is 3.80. The Morgan fingerprint density at radius 1 is 1.67 bits per heavy atom. The molecule has 1 aromatic rings. The summed E-state index contributed by atoms with van der Waals surface area (Å²) in [6, 6.07) is 2.08. The third-order valence-corrected chi connectivity index (χ3v) is 4.11. The van der Waals surface area contributed by atoms with Gasteiger partial charge >= 0.3 is 0 Å². The van der Waals surface area contributed by atoms with Gasteiger partial charge in [0.05, 0.1) is 11.6 Å². The van der Waals surface area contributed by atoms with Crippen LogP contribution in [0.2, 0.25) is 0 Å². The van der Waals surface area contributed by atoms with Gasteiger partial charge in [-0.1, -0.05) is 11.6 Å². The molecule has 0 atom stereocenters. The fourth-order valence-corrected chi connectivity index (χ4v) is 3.11. The average molecular weight is 265 g/mol. The van der Waals surface area contributed by atoms with Gasteiger partial charge in [-0.2, -0.15) is 0 Å². The molecular weight excluding hydrogens is 258 g/mol. The van der Waals surface area contributed by atoms with Crippen LogP contribution in [0.5, 0.6) is 0 Å². The quantitative estimate of drug-likeness (QED) is 0.644. The van der Waals surface area contributed by atoms with E-state index < -0.39 is 0 Å². The Morgan fingerprint density at radius 2 is 2.42 bits per heavy atom. The third kappa shape index (κ3) is 1.20. The SMILES string of the molecule is CC1=C(Cl)c2ccsc2CN1Br. The van der Waals surface area contributed by atoms with E-state index in [4.69, 9.17) is 11.6 Å². The van der Waals surface area contributed by atoms with Crippen LogP contribution in [0.1, 0.15) is 17.4 Å². The summed E-state index contributed by atoms with van der Waals surface area (Å²) in [5.41, 5.74) is 2.28. The van der Waals surface area contributed by atoms with Crippen molar-refractivity contribution >= 4 is 44.1 Å². The minimum Gasteiger partial charge on any atom is -0.306 e. The number of rotatable bonds is 0. The lowest BCUT2D eigenvalue weighted by Gasteiger charge is -2.23. The summed E-state index contributed by atoms with van der Waals surface area (Å²) in [4.78, 5) is 1.32. The van der Waals surface area contributed by atoms with Crippen LogP contribution in [-0.2, 0) is 6.54 Å². The zero-order valence-electron chi connectivity index (χ0n) is 6.47. The second-order valence-corrected chi connectivity index (χ2v) is 4.91. The van der Waals surface area contributed by atoms with E-state index in [0.29, 0.717) is 0 Å². The molecule has 0 spiro atoms. The van der Waals surface area contributed by atoms with E-state index in [1.807, 2.05) is 10.8 Å². The van der Waals surface area contributed by atoms with E-state index in [0.717, 1.165) is 17.3 Å². The van der Waals surface area contributed by atoms with Crippen molar-refractivity contribution in [3.63, 3.8) is 0 Å². The molecule has 12 heavy (non-hydrogen) atoms. The average Bonchev–Trinajstić information content (AvgIpc) is 2.48. The number of hydrogen-bond donors (Lipinski definition) is 0. The van der Waals surface area contributed by atoms with Crippen molar-refractivity contribution in [1.82, 2.24) is 3.93 Å². The summed E-state index contributed by atoms with van der Waals surface area (Å²) in [6.45, 7) is 2.92. The van der Waals surface area contributed by atoms with E-state index in [1.165, 1.54) is 10.4 Å². The highest BCUT2D eigenvalue weighted by atomic mass is 79.9. The summed E-state index contributed by atoms with van der Waals surface area (Å²) in [7, 11) is 0. The van der Waals surface area contributed by atoms with Crippen LogP contribution < -0.4 is 0 Å². The maximum Gasteiger partial charge on any atom is 0.0687 e. The minimum atomic E-state index is 0.856. The lowest BCUT2D eigenvalue weighted by atomic mass is 10.1. The first-order valence-corrected chi connectivity index (χ1v) is 5.53. The first kappa shape index (κ1) is 8.60. The van der Waals surface area contributed by atoms with Crippen molar-refractivity contribution in [2.24, 2.45) is 0 Å². The second kappa shape index (κ2) is 3.05. The molecule has 0 radical (unpaired) electrons. The van der Waals surface area contributed by atoms with Gasteiger partial charge in [0.25, 0.3) is 0 Å². The van der Waals surface area contributed by atoms with Crippen LogP contribution in [0, 0.1) is 0 Å². The van der Waals surface area contributed by atoms with E-state index in [1.54, 1.807) is 11.3 Å². The molecule has 1 aliphatic rings. The Bertz CT molecular complexity index is 345. The van der Waals surface area contributed by atoms with Crippen LogP contribution in [0.4, 0.5) is 0 Å². The molecule has 64 valence electrons. The molecule has 1 aliphatic heterocycles. The Balaban J connectivity index is 2.57. The van der Waals surface area contributed by atoms with Gasteiger partial charge in [0.2, 0.25) is 0 Å². The lowest BCUT2D eigenvalue weighted by molar-refractivity contribution is 0.591. The van der Waals surface area contributed by atoms with Gasteiger partial charge in [0, 0.05) is 32.3 Å². The lowest BCUT2D eigenvalue weighted by Crippen LogP contribution is -2.13. The standard InChI is InChI=1S/C8H7BrClNS/c1-5-8(10)6-2-3-12-7(6)4-11(5)9/h2-3H,4H2,1H3. The van der Waals surface area contributed by atoms with E-state index in [-0.39, 0.29) is 0 Å². The van der Waals surface area contributed by atoms with Crippen LogP contribution in [0.15, 0.2) is 17.1 Å². The monoisotopic (exact) mass is 263 g/mol. The molecule has 1 nitrogen and oxygen atoms in total. The first-order chi connectivity index (χ1) is 5.70. The highest BCUT2D eigenvalue weighted by molar-refractivity contribution is 9.07. The molecule has 0 bridgehead atoms. The summed E-state index contributed by atoms with van der Waals surface area (Å²) in [5, 5.41) is 2.93. The molecule has 1 aromatic heterocycles. The number of nitrogens with zero attached hydrogens (tertiary/aromatic N) is 1. The van der Waals surface area contributed by atoms with Gasteiger partial charge < -0.3 is 3.93 Å². The molecule has 0 saturated carbocycles. The molecule has 0 N–H and O–H groups in total. The molecule has 0 amide bonds. The number of halogens is 2. The minimum absolute atomic E-state index is 0.856. The van der Waals surface area contributed by atoms with Gasteiger partial charge in [0.15, 0.2) is 0 Å². The molecule has 0 aliphatic carbocycles. The normalized spacial score (nSPS) is 16.8. The summed E-state index contributed by atoms with van der Waals surface area (Å²) in [6.07, 6.45) is 0. The number of hydrogen-bond acceptors (Lipinski definition) is 2. The van der Waals surface area contributed by atoms with Gasteiger partial charge in [-0.3, -0.25) is 0 Å². The van der Waals surface area contributed by atoms with Crippen LogP contribution >= 0.6 is 39.1 Å². The van der Waals surface area contributed by atoms with E-state index in [2.05, 4.69) is 27.6 Å². The predicted molar refractivity (Wildman–Crippen MR) is 57.2 cm³/mol. The zero-order valence-corrected chi connectivity index (χ0v) is 9.63. The van der Waals surface area contributed by atoms with Crippen molar-refractivity contribution in [2.75, 3.05) is 0 Å². The number of allylic oxidation sites excluding steroid dienone is 1. The summed E-state index contributed by atoms with van der Waals surface area (Å²) >= 11 is 11.3. The van der Waals surface area contributed by atoms with Gasteiger partial charge in [0.1, 0.15) is 0 Å². The van der Waals surface area contributed by atoms with E-state index >= 15 is 0 Å². The molecule has 0 aromatic carbocycles. The van der Waals surface area contributed by atoms with Crippen molar-refractivity contribution in [3.05, 3.63) is 27.6 Å². The molecule has 2 rings (SSSR count). The fraction of sp³-hybridized carbons (Fsp3) is 0.250. The van der Waals surface area contributed by atoms with Crippen LogP contribution in [-0.4, -0.2) is 3.93 Å². The first-order valence-electron chi connectivity index (χ1n) is 3.56. The van der Waals surface area contributed by atoms with Crippen molar-refractivity contribution < 1.29 is 0 Å². The second-order valence-electron chi connectivity index (χ2n) is 2.68. The Hall–Kier alpha value is 0.01000. The molecule has 0 fully saturated rings. The van der Waals surface area contributed by atoms with Gasteiger partial charge in [-0.25, -0.2) is 0 Å². The number of fused-ring (bicyclic) bond motifs is 1. The molecule has 4 heteroatoms. The van der Waals surface area contributed by atoms with Crippen molar-refractivity contribution in [2.45, 2.75) is 13.5 Å². The van der Waals surface area contributed by atoms with Crippen molar-refractivity contribution in [1.29, 1.82) is 0 Å². The highest BCUT2D eigenvalue weighted by Gasteiger charge is 2.20.